The van der Waals surface area contributed by atoms with Crippen LogP contribution in [0.15, 0.2) is 30.5 Å². The Morgan fingerprint density at radius 2 is 1.85 bits per heavy atom. The van der Waals surface area contributed by atoms with Crippen LogP contribution in [0.5, 0.6) is 0 Å². The van der Waals surface area contributed by atoms with Crippen LogP contribution < -0.4 is 5.32 Å². The van der Waals surface area contributed by atoms with Gasteiger partial charge in [0.15, 0.2) is 5.65 Å². The van der Waals surface area contributed by atoms with Crippen LogP contribution in [-0.2, 0) is 0 Å². The molecule has 2 fully saturated rings. The molecule has 1 aliphatic heterocycles. The van der Waals surface area contributed by atoms with Gasteiger partial charge in [-0.25, -0.2) is 9.67 Å². The highest BCUT2D eigenvalue weighted by atomic mass is 16.3. The van der Waals surface area contributed by atoms with Crippen LogP contribution in [0.1, 0.15) is 74.7 Å². The summed E-state index contributed by atoms with van der Waals surface area (Å²) in [6, 6.07) is 7.97. The summed E-state index contributed by atoms with van der Waals surface area (Å²) in [5, 5.41) is 19.2. The lowest BCUT2D eigenvalue weighted by Crippen LogP contribution is -2.27. The van der Waals surface area contributed by atoms with Gasteiger partial charge in [-0.15, -0.1) is 0 Å². The van der Waals surface area contributed by atoms with Crippen molar-refractivity contribution >= 4 is 22.9 Å². The van der Waals surface area contributed by atoms with Gasteiger partial charge in [-0.05, 0) is 57.1 Å². The number of aliphatic hydroxyl groups excluding tert-OH is 1. The van der Waals surface area contributed by atoms with Gasteiger partial charge < -0.3 is 15.3 Å². The maximum absolute atomic E-state index is 12.7. The van der Waals surface area contributed by atoms with Gasteiger partial charge in [0.05, 0.1) is 17.5 Å². The first-order valence-electron chi connectivity index (χ1n) is 12.7. The summed E-state index contributed by atoms with van der Waals surface area (Å²) < 4.78 is 2.03. The average molecular weight is 463 g/mol. The first-order valence-corrected chi connectivity index (χ1v) is 12.7. The quantitative estimate of drug-likeness (QED) is 0.505. The average Bonchev–Trinajstić information content (AvgIpc) is 3.53. The fourth-order valence-electron chi connectivity index (χ4n) is 5.03. The third-order valence-corrected chi connectivity index (χ3v) is 7.07. The van der Waals surface area contributed by atoms with Crippen LogP contribution in [0, 0.1) is 0 Å². The smallest absolute Gasteiger partial charge is 0.253 e. The largest absolute Gasteiger partial charge is 0.393 e. The van der Waals surface area contributed by atoms with E-state index in [9.17, 15) is 9.90 Å². The van der Waals surface area contributed by atoms with E-state index >= 15 is 0 Å². The Labute approximate surface area is 200 Å². The first kappa shape index (κ1) is 22.8. The molecule has 8 heteroatoms. The summed E-state index contributed by atoms with van der Waals surface area (Å²) in [7, 11) is 0. The highest BCUT2D eigenvalue weighted by Crippen LogP contribution is 2.34. The van der Waals surface area contributed by atoms with E-state index in [1.165, 1.54) is 0 Å². The number of aliphatic hydroxyl groups is 1. The SMILES string of the molecule is CCCCNc1ncc2c(-c3ccc(C(=O)N4CCCC4)cc3)nn([C@H]3CC[C@H](O)CC3)c2n1. The predicted molar refractivity (Wildman–Crippen MR) is 133 cm³/mol. The summed E-state index contributed by atoms with van der Waals surface area (Å²) in [4.78, 5) is 24.1. The lowest BCUT2D eigenvalue weighted by atomic mass is 9.93. The van der Waals surface area contributed by atoms with E-state index in [-0.39, 0.29) is 18.1 Å². The third-order valence-electron chi connectivity index (χ3n) is 7.07. The molecule has 5 rings (SSSR count). The fraction of sp³-hybridized carbons (Fsp3) is 0.538. The van der Waals surface area contributed by atoms with Crippen molar-refractivity contribution in [2.45, 2.75) is 70.4 Å². The molecule has 2 aliphatic rings. The second kappa shape index (κ2) is 10.1. The van der Waals surface area contributed by atoms with Crippen molar-refractivity contribution in [2.24, 2.45) is 0 Å². The molecule has 1 saturated carbocycles. The number of nitrogens with one attached hydrogen (secondary N) is 1. The molecular weight excluding hydrogens is 428 g/mol. The highest BCUT2D eigenvalue weighted by molar-refractivity contribution is 5.96. The number of fused-ring (bicyclic) bond motifs is 1. The Kier molecular flexibility index (Phi) is 6.76. The molecule has 0 unspecified atom stereocenters. The molecule has 1 saturated heterocycles. The first-order chi connectivity index (χ1) is 16.6. The zero-order valence-corrected chi connectivity index (χ0v) is 19.9. The van der Waals surface area contributed by atoms with Crippen molar-refractivity contribution in [3.8, 4) is 11.3 Å². The molecule has 1 amide bonds. The maximum Gasteiger partial charge on any atom is 0.253 e. The summed E-state index contributed by atoms with van der Waals surface area (Å²) >= 11 is 0. The molecule has 2 N–H and O–H groups in total. The Balaban J connectivity index is 1.48. The van der Waals surface area contributed by atoms with Gasteiger partial charge >= 0.3 is 0 Å². The summed E-state index contributed by atoms with van der Waals surface area (Å²) in [5.41, 5.74) is 3.33. The predicted octanol–water partition coefficient (Wildman–Crippen LogP) is 4.42. The van der Waals surface area contributed by atoms with Crippen LogP contribution in [0.3, 0.4) is 0 Å². The van der Waals surface area contributed by atoms with Gasteiger partial charge in [-0.2, -0.15) is 10.1 Å². The van der Waals surface area contributed by atoms with Gasteiger partial charge in [0.2, 0.25) is 5.95 Å². The van der Waals surface area contributed by atoms with Gasteiger partial charge in [-0.3, -0.25) is 4.79 Å². The molecule has 34 heavy (non-hydrogen) atoms. The Bertz CT molecular complexity index is 1130. The summed E-state index contributed by atoms with van der Waals surface area (Å²) in [6.45, 7) is 4.69. The topological polar surface area (TPSA) is 96.2 Å². The molecule has 3 aromatic rings. The normalized spacial score (nSPS) is 20.7. The molecule has 8 nitrogen and oxygen atoms in total. The number of hydrogen-bond acceptors (Lipinski definition) is 6. The van der Waals surface area contributed by atoms with Crippen molar-refractivity contribution in [3.05, 3.63) is 36.0 Å². The van der Waals surface area contributed by atoms with Crippen molar-refractivity contribution < 1.29 is 9.90 Å². The number of nitrogens with zero attached hydrogens (tertiary/aromatic N) is 5. The molecule has 3 heterocycles. The van der Waals surface area contributed by atoms with Gasteiger partial charge in [0.1, 0.15) is 5.69 Å². The number of rotatable bonds is 7. The van der Waals surface area contributed by atoms with Crippen LogP contribution in [0.2, 0.25) is 0 Å². The molecule has 1 aliphatic carbocycles. The van der Waals surface area contributed by atoms with Crippen molar-refractivity contribution in [2.75, 3.05) is 25.0 Å². The van der Waals surface area contributed by atoms with Crippen LogP contribution in [0.25, 0.3) is 22.3 Å². The minimum absolute atomic E-state index is 0.103. The number of carbonyl (C=O) groups excluding carboxylic acids is 1. The van der Waals surface area contributed by atoms with Gasteiger partial charge in [0, 0.05) is 37.0 Å². The molecule has 180 valence electrons. The second-order valence-electron chi connectivity index (χ2n) is 9.54. The summed E-state index contributed by atoms with van der Waals surface area (Å²) in [5.74, 6) is 0.724. The number of aromatic nitrogens is 4. The molecule has 2 aromatic heterocycles. The fourth-order valence-corrected chi connectivity index (χ4v) is 5.03. The minimum Gasteiger partial charge on any atom is -0.393 e. The molecule has 0 spiro atoms. The van der Waals surface area contributed by atoms with E-state index in [1.807, 2.05) is 40.0 Å². The minimum atomic E-state index is -0.223. The summed E-state index contributed by atoms with van der Waals surface area (Å²) in [6.07, 6.45) is 9.29. The van der Waals surface area contributed by atoms with E-state index in [1.54, 1.807) is 0 Å². The zero-order chi connectivity index (χ0) is 23.5. The van der Waals surface area contributed by atoms with E-state index in [4.69, 9.17) is 10.1 Å². The number of benzene rings is 1. The molecule has 0 bridgehead atoms. The monoisotopic (exact) mass is 462 g/mol. The molecule has 0 atom stereocenters. The molecule has 1 aromatic carbocycles. The van der Waals surface area contributed by atoms with Crippen LogP contribution >= 0.6 is 0 Å². The number of anilines is 1. The highest BCUT2D eigenvalue weighted by Gasteiger charge is 2.26. The zero-order valence-electron chi connectivity index (χ0n) is 19.9. The Morgan fingerprint density at radius 3 is 2.56 bits per heavy atom. The standard InChI is InChI=1S/C26H34N6O2/c1-2-3-14-27-26-28-17-22-23(30-32(24(22)29-26)20-10-12-21(33)13-11-20)18-6-8-19(9-7-18)25(34)31-15-4-5-16-31/h6-9,17,20-21,33H,2-5,10-16H2,1H3,(H,27,28,29)/t20-,21-. The Hall–Kier alpha value is -3.00. The Morgan fingerprint density at radius 1 is 1.12 bits per heavy atom. The van der Waals surface area contributed by atoms with Gasteiger partial charge in [-0.1, -0.05) is 25.5 Å². The second-order valence-corrected chi connectivity index (χ2v) is 9.54. The van der Waals surface area contributed by atoms with E-state index in [0.29, 0.717) is 11.5 Å². The van der Waals surface area contributed by atoms with Gasteiger partial charge in [0.25, 0.3) is 5.91 Å². The van der Waals surface area contributed by atoms with Crippen molar-refractivity contribution in [1.29, 1.82) is 0 Å². The number of amides is 1. The van der Waals surface area contributed by atoms with Crippen LogP contribution in [-0.4, -0.2) is 61.4 Å². The van der Waals surface area contributed by atoms with E-state index < -0.39 is 0 Å². The number of carbonyl (C=O) groups is 1. The van der Waals surface area contributed by atoms with Crippen LogP contribution in [0.4, 0.5) is 5.95 Å². The van der Waals surface area contributed by atoms with E-state index in [2.05, 4.69) is 17.2 Å². The third kappa shape index (κ3) is 4.64. The van der Waals surface area contributed by atoms with Crippen molar-refractivity contribution in [1.82, 2.24) is 24.6 Å². The maximum atomic E-state index is 12.7. The lowest BCUT2D eigenvalue weighted by Gasteiger charge is -2.25. The lowest BCUT2D eigenvalue weighted by molar-refractivity contribution is 0.0793. The molecular formula is C26H34N6O2. The number of hydrogen-bond donors (Lipinski definition) is 2. The van der Waals surface area contributed by atoms with Crippen molar-refractivity contribution in [3.63, 3.8) is 0 Å². The number of likely N-dealkylation sites (tertiary alicyclic amines) is 1. The number of unbranched alkanes of at least 4 members (excludes halogenated alkanes) is 1. The molecule has 0 radical (unpaired) electrons. The van der Waals surface area contributed by atoms with E-state index in [0.717, 1.165) is 93.3 Å².